The van der Waals surface area contributed by atoms with Crippen LogP contribution in [0.5, 0.6) is 0 Å². The molecule has 0 aromatic carbocycles. The first kappa shape index (κ1) is 26.5. The van der Waals surface area contributed by atoms with Crippen LogP contribution in [0.25, 0.3) is 0 Å². The second-order valence-corrected chi connectivity index (χ2v) is 5.66. The summed E-state index contributed by atoms with van der Waals surface area (Å²) in [6.07, 6.45) is 2.51. The second-order valence-electron chi connectivity index (χ2n) is 5.66. The lowest BCUT2D eigenvalue weighted by Gasteiger charge is -2.25. The molecule has 0 bridgehead atoms. The Kier molecular flexibility index (Phi) is 15.8. The van der Waals surface area contributed by atoms with E-state index in [2.05, 4.69) is 5.32 Å². The molecule has 0 atom stereocenters. The summed E-state index contributed by atoms with van der Waals surface area (Å²) < 4.78 is 10.3. The molecule has 7 heteroatoms. The highest BCUT2D eigenvalue weighted by atomic mass is 16.5. The van der Waals surface area contributed by atoms with Gasteiger partial charge in [0.2, 0.25) is 5.91 Å². The van der Waals surface area contributed by atoms with Crippen LogP contribution in [-0.4, -0.2) is 61.1 Å². The third-order valence-corrected chi connectivity index (χ3v) is 3.12. The Balaban J connectivity index is 0. The molecular formula is C19H36N2O5. The molecule has 1 heterocycles. The van der Waals surface area contributed by atoms with Crippen LogP contribution in [-0.2, 0) is 23.9 Å². The molecular weight excluding hydrogens is 336 g/mol. The molecule has 152 valence electrons. The van der Waals surface area contributed by atoms with Gasteiger partial charge in [0.15, 0.2) is 0 Å². The van der Waals surface area contributed by atoms with Crippen molar-refractivity contribution in [1.29, 1.82) is 0 Å². The Labute approximate surface area is 158 Å². The number of carbonyl (C=O) groups is 3. The summed E-state index contributed by atoms with van der Waals surface area (Å²) in [6, 6.07) is 0. The van der Waals surface area contributed by atoms with E-state index in [1.54, 1.807) is 0 Å². The third kappa shape index (κ3) is 12.6. The van der Waals surface area contributed by atoms with Gasteiger partial charge in [0.1, 0.15) is 0 Å². The Morgan fingerprint density at radius 1 is 1.04 bits per heavy atom. The van der Waals surface area contributed by atoms with Crippen molar-refractivity contribution in [2.45, 2.75) is 60.5 Å². The van der Waals surface area contributed by atoms with Crippen molar-refractivity contribution < 1.29 is 23.9 Å². The molecule has 1 aliphatic heterocycles. The van der Waals surface area contributed by atoms with Crippen LogP contribution in [0.4, 0.5) is 0 Å². The van der Waals surface area contributed by atoms with Crippen molar-refractivity contribution in [3.8, 4) is 0 Å². The lowest BCUT2D eigenvalue weighted by Crippen LogP contribution is -2.42. The summed E-state index contributed by atoms with van der Waals surface area (Å²) in [5.74, 6) is -0.944. The number of hydrogen-bond acceptors (Lipinski definition) is 5. The minimum absolute atomic E-state index is 0.0986. The van der Waals surface area contributed by atoms with Gasteiger partial charge in [-0.1, -0.05) is 13.8 Å². The molecule has 0 spiro atoms. The molecule has 3 amide bonds. The van der Waals surface area contributed by atoms with E-state index >= 15 is 0 Å². The number of carbonyl (C=O) groups excluding carboxylic acids is 3. The molecule has 0 saturated heterocycles. The predicted molar refractivity (Wildman–Crippen MR) is 103 cm³/mol. The molecule has 26 heavy (non-hydrogen) atoms. The molecule has 0 aliphatic carbocycles. The first-order valence-electron chi connectivity index (χ1n) is 9.29. The van der Waals surface area contributed by atoms with Crippen LogP contribution in [0.1, 0.15) is 54.9 Å². The fraction of sp³-hybridized carbons (Fsp3) is 0.737. The summed E-state index contributed by atoms with van der Waals surface area (Å²) in [6.45, 7) is 16.4. The Morgan fingerprint density at radius 3 is 1.92 bits per heavy atom. The number of nitrogens with zero attached hydrogens (tertiary/aromatic N) is 1. The summed E-state index contributed by atoms with van der Waals surface area (Å²) in [5.41, 5.74) is -0.425. The first-order chi connectivity index (χ1) is 12.3. The predicted octanol–water partition coefficient (Wildman–Crippen LogP) is 2.30. The highest BCUT2D eigenvalue weighted by Gasteiger charge is 2.24. The zero-order chi connectivity index (χ0) is 20.6. The summed E-state index contributed by atoms with van der Waals surface area (Å²) in [7, 11) is 0. The molecule has 1 aliphatic rings. The third-order valence-electron chi connectivity index (χ3n) is 3.12. The number of hydrogen-bond donors (Lipinski definition) is 1. The van der Waals surface area contributed by atoms with Crippen LogP contribution >= 0.6 is 0 Å². The monoisotopic (exact) mass is 372 g/mol. The zero-order valence-corrected chi connectivity index (χ0v) is 17.4. The fourth-order valence-corrected chi connectivity index (χ4v) is 1.91. The standard InChI is InChI=1S/C13H20N2O4.C4H10O.C2H6/c1-4-19-13(2,3)9-14-10(16)7-8-15-11(17)5-6-12(15)18;1-3-5-4-2;1-2/h5-6H,4,7-9H2,1-3H3,(H,14,16);3-4H2,1-2H3;1-2H3. The van der Waals surface area contributed by atoms with E-state index in [9.17, 15) is 14.4 Å². The van der Waals surface area contributed by atoms with Gasteiger partial charge in [-0.05, 0) is 34.6 Å². The van der Waals surface area contributed by atoms with Crippen molar-refractivity contribution in [2.24, 2.45) is 0 Å². The molecule has 7 nitrogen and oxygen atoms in total. The van der Waals surface area contributed by atoms with Crippen molar-refractivity contribution in [3.63, 3.8) is 0 Å². The smallest absolute Gasteiger partial charge is 0.253 e. The van der Waals surface area contributed by atoms with Gasteiger partial charge in [-0.3, -0.25) is 19.3 Å². The molecule has 1 rings (SSSR count). The maximum Gasteiger partial charge on any atom is 0.253 e. The molecule has 0 saturated carbocycles. The molecule has 0 aromatic heterocycles. The number of imide groups is 1. The van der Waals surface area contributed by atoms with Crippen molar-refractivity contribution in [1.82, 2.24) is 10.2 Å². The number of amides is 3. The SMILES string of the molecule is CC.CCOC(C)(C)CNC(=O)CCN1C(=O)C=CC1=O.CCOCC. The summed E-state index contributed by atoms with van der Waals surface area (Å²) in [4.78, 5) is 35.2. The van der Waals surface area contributed by atoms with Gasteiger partial charge in [0, 0.05) is 51.5 Å². The normalized spacial score (nSPS) is 13.0. The largest absolute Gasteiger partial charge is 0.382 e. The fourth-order valence-electron chi connectivity index (χ4n) is 1.91. The van der Waals surface area contributed by atoms with Crippen molar-refractivity contribution >= 4 is 17.7 Å². The van der Waals surface area contributed by atoms with Crippen LogP contribution < -0.4 is 5.32 Å². The molecule has 0 aromatic rings. The van der Waals surface area contributed by atoms with Gasteiger partial charge in [0.05, 0.1) is 5.60 Å². The minimum Gasteiger partial charge on any atom is -0.382 e. The first-order valence-corrected chi connectivity index (χ1v) is 9.29. The highest BCUT2D eigenvalue weighted by Crippen LogP contribution is 2.07. The van der Waals surface area contributed by atoms with Crippen LogP contribution in [0, 0.1) is 0 Å². The van der Waals surface area contributed by atoms with Gasteiger partial charge in [-0.25, -0.2) is 0 Å². The topological polar surface area (TPSA) is 84.9 Å². The maximum absolute atomic E-state index is 11.6. The summed E-state index contributed by atoms with van der Waals surface area (Å²) >= 11 is 0. The number of rotatable bonds is 9. The van der Waals surface area contributed by atoms with E-state index in [0.29, 0.717) is 13.2 Å². The van der Waals surface area contributed by atoms with E-state index < -0.39 is 5.60 Å². The second kappa shape index (κ2) is 15.5. The number of ether oxygens (including phenoxy) is 2. The van der Waals surface area contributed by atoms with Gasteiger partial charge in [-0.2, -0.15) is 0 Å². The molecule has 0 unspecified atom stereocenters. The average molecular weight is 373 g/mol. The lowest BCUT2D eigenvalue weighted by atomic mass is 10.1. The Morgan fingerprint density at radius 2 is 1.54 bits per heavy atom. The molecule has 0 radical (unpaired) electrons. The Hall–Kier alpha value is -1.73. The number of nitrogens with one attached hydrogen (secondary N) is 1. The van der Waals surface area contributed by atoms with Crippen molar-refractivity contribution in [3.05, 3.63) is 12.2 Å². The average Bonchev–Trinajstić information content (AvgIpc) is 2.92. The lowest BCUT2D eigenvalue weighted by molar-refractivity contribution is -0.137. The van der Waals surface area contributed by atoms with Gasteiger partial charge in [0.25, 0.3) is 11.8 Å². The molecule has 1 N–H and O–H groups in total. The highest BCUT2D eigenvalue weighted by molar-refractivity contribution is 6.13. The van der Waals surface area contributed by atoms with E-state index in [0.717, 1.165) is 18.1 Å². The Bertz CT molecular complexity index is 427. The van der Waals surface area contributed by atoms with E-state index in [-0.39, 0.29) is 30.7 Å². The van der Waals surface area contributed by atoms with Crippen LogP contribution in [0.15, 0.2) is 12.2 Å². The van der Waals surface area contributed by atoms with Gasteiger partial charge < -0.3 is 14.8 Å². The molecule has 0 fully saturated rings. The van der Waals surface area contributed by atoms with E-state index in [1.165, 1.54) is 12.2 Å². The summed E-state index contributed by atoms with van der Waals surface area (Å²) in [5, 5.41) is 2.73. The minimum atomic E-state index is -0.425. The van der Waals surface area contributed by atoms with Crippen LogP contribution in [0.3, 0.4) is 0 Å². The van der Waals surface area contributed by atoms with Crippen molar-refractivity contribution in [2.75, 3.05) is 32.9 Å². The maximum atomic E-state index is 11.6. The van der Waals surface area contributed by atoms with E-state index in [1.807, 2.05) is 48.5 Å². The van der Waals surface area contributed by atoms with E-state index in [4.69, 9.17) is 9.47 Å². The van der Waals surface area contributed by atoms with Gasteiger partial charge >= 0.3 is 0 Å². The van der Waals surface area contributed by atoms with Gasteiger partial charge in [-0.15, -0.1) is 0 Å². The quantitative estimate of drug-likeness (QED) is 0.628. The zero-order valence-electron chi connectivity index (χ0n) is 17.4. The van der Waals surface area contributed by atoms with Crippen LogP contribution in [0.2, 0.25) is 0 Å².